The standard InChI is InChI=1S/C35H27FN2O4S/c1-2-41-34(40)30-31(25-11-5-3-6-12-25)37-35-38(32(30)26-13-7-4-8-14-26)33(39)29(43-35)21-24-10-9-15-28(20-24)42-22-23-16-18-27(36)19-17-23/h3-21,32H,2,22H2,1H3/b29-21-/t32-/m0/s1. The Bertz CT molecular complexity index is 1980. The fourth-order valence-electron chi connectivity index (χ4n) is 4.98. The van der Waals surface area contributed by atoms with E-state index in [1.807, 2.05) is 84.9 Å². The molecule has 0 saturated carbocycles. The summed E-state index contributed by atoms with van der Waals surface area (Å²) in [5.41, 5.74) is 3.68. The van der Waals surface area contributed by atoms with Crippen LogP contribution >= 0.6 is 11.3 Å². The van der Waals surface area contributed by atoms with E-state index in [1.54, 1.807) is 29.7 Å². The summed E-state index contributed by atoms with van der Waals surface area (Å²) < 4.78 is 26.7. The minimum atomic E-state index is -0.723. The zero-order chi connectivity index (χ0) is 29.8. The number of carbonyl (C=O) groups is 1. The van der Waals surface area contributed by atoms with Crippen molar-refractivity contribution in [3.8, 4) is 5.75 Å². The third kappa shape index (κ3) is 5.96. The summed E-state index contributed by atoms with van der Waals surface area (Å²) in [6.45, 7) is 2.22. The molecule has 0 amide bonds. The van der Waals surface area contributed by atoms with Crippen LogP contribution in [0.5, 0.6) is 5.75 Å². The van der Waals surface area contributed by atoms with Crippen LogP contribution in [-0.2, 0) is 16.1 Å². The number of hydrogen-bond donors (Lipinski definition) is 0. The van der Waals surface area contributed by atoms with Gasteiger partial charge in [-0.2, -0.15) is 0 Å². The molecule has 0 unspecified atom stereocenters. The Balaban J connectivity index is 1.46. The number of carbonyl (C=O) groups excluding carboxylic acids is 1. The van der Waals surface area contributed by atoms with Crippen molar-refractivity contribution in [3.63, 3.8) is 0 Å². The molecule has 0 spiro atoms. The van der Waals surface area contributed by atoms with Crippen LogP contribution in [0.15, 0.2) is 125 Å². The van der Waals surface area contributed by atoms with E-state index < -0.39 is 12.0 Å². The Labute approximate surface area is 251 Å². The van der Waals surface area contributed by atoms with Crippen molar-refractivity contribution in [3.05, 3.63) is 163 Å². The van der Waals surface area contributed by atoms with Crippen LogP contribution in [0.4, 0.5) is 4.39 Å². The summed E-state index contributed by atoms with van der Waals surface area (Å²) in [4.78, 5) is 32.9. The molecule has 0 saturated heterocycles. The molecule has 43 heavy (non-hydrogen) atoms. The van der Waals surface area contributed by atoms with Gasteiger partial charge >= 0.3 is 5.97 Å². The zero-order valence-electron chi connectivity index (χ0n) is 23.3. The molecule has 214 valence electrons. The number of halogens is 1. The molecule has 8 heteroatoms. The highest BCUT2D eigenvalue weighted by Crippen LogP contribution is 2.35. The molecule has 0 N–H and O–H groups in total. The lowest BCUT2D eigenvalue weighted by molar-refractivity contribution is -0.138. The lowest BCUT2D eigenvalue weighted by atomic mass is 9.93. The van der Waals surface area contributed by atoms with Gasteiger partial charge in [0.25, 0.3) is 5.56 Å². The second kappa shape index (κ2) is 12.4. The maximum Gasteiger partial charge on any atom is 0.338 e. The Morgan fingerprint density at radius 1 is 0.953 bits per heavy atom. The molecule has 4 aromatic carbocycles. The number of benzene rings is 4. The van der Waals surface area contributed by atoms with E-state index >= 15 is 0 Å². The summed E-state index contributed by atoms with van der Waals surface area (Å²) in [6, 6.07) is 31.8. The van der Waals surface area contributed by atoms with E-state index in [-0.39, 0.29) is 24.6 Å². The van der Waals surface area contributed by atoms with Crippen LogP contribution in [0, 0.1) is 5.82 Å². The number of nitrogens with zero attached hydrogens (tertiary/aromatic N) is 2. The number of fused-ring (bicyclic) bond motifs is 1. The minimum absolute atomic E-state index is 0.190. The number of thiazole rings is 1. The lowest BCUT2D eigenvalue weighted by Crippen LogP contribution is -2.39. The van der Waals surface area contributed by atoms with Gasteiger partial charge in [0.2, 0.25) is 0 Å². The van der Waals surface area contributed by atoms with E-state index in [2.05, 4.69) is 0 Å². The van der Waals surface area contributed by atoms with Crippen LogP contribution in [0.3, 0.4) is 0 Å². The first-order valence-electron chi connectivity index (χ1n) is 13.8. The molecule has 0 radical (unpaired) electrons. The third-order valence-corrected chi connectivity index (χ3v) is 7.95. The van der Waals surface area contributed by atoms with E-state index in [1.165, 1.54) is 23.5 Å². The highest BCUT2D eigenvalue weighted by molar-refractivity contribution is 7.07. The van der Waals surface area contributed by atoms with Crippen molar-refractivity contribution in [2.45, 2.75) is 19.6 Å². The molecule has 1 atom stereocenters. The van der Waals surface area contributed by atoms with Gasteiger partial charge in [-0.15, -0.1) is 0 Å². The highest BCUT2D eigenvalue weighted by Gasteiger charge is 2.35. The fourth-order valence-corrected chi connectivity index (χ4v) is 5.98. The van der Waals surface area contributed by atoms with Gasteiger partial charge in [-0.05, 0) is 54.0 Å². The monoisotopic (exact) mass is 590 g/mol. The minimum Gasteiger partial charge on any atom is -0.489 e. The van der Waals surface area contributed by atoms with Crippen molar-refractivity contribution < 1.29 is 18.7 Å². The molecular weight excluding hydrogens is 563 g/mol. The maximum atomic E-state index is 14.0. The molecule has 5 aromatic rings. The van der Waals surface area contributed by atoms with Gasteiger partial charge in [0.15, 0.2) is 4.80 Å². The number of esters is 1. The van der Waals surface area contributed by atoms with Gasteiger partial charge < -0.3 is 9.47 Å². The average Bonchev–Trinajstić information content (AvgIpc) is 3.35. The first kappa shape index (κ1) is 28.1. The van der Waals surface area contributed by atoms with Crippen LogP contribution in [0.1, 0.15) is 35.2 Å². The zero-order valence-corrected chi connectivity index (χ0v) is 24.1. The molecule has 0 aliphatic carbocycles. The lowest BCUT2D eigenvalue weighted by Gasteiger charge is -2.25. The summed E-state index contributed by atoms with van der Waals surface area (Å²) in [7, 11) is 0. The molecule has 6 nitrogen and oxygen atoms in total. The first-order valence-corrected chi connectivity index (χ1v) is 14.6. The van der Waals surface area contributed by atoms with E-state index in [4.69, 9.17) is 14.5 Å². The van der Waals surface area contributed by atoms with Crippen LogP contribution in [0.2, 0.25) is 0 Å². The summed E-state index contributed by atoms with van der Waals surface area (Å²) in [5, 5.41) is 0. The van der Waals surface area contributed by atoms with E-state index in [9.17, 15) is 14.0 Å². The van der Waals surface area contributed by atoms with Gasteiger partial charge in [-0.25, -0.2) is 14.2 Å². The van der Waals surface area contributed by atoms with Crippen molar-refractivity contribution >= 4 is 29.1 Å². The van der Waals surface area contributed by atoms with Crippen molar-refractivity contribution in [2.75, 3.05) is 6.61 Å². The van der Waals surface area contributed by atoms with E-state index in [0.29, 0.717) is 26.4 Å². The largest absolute Gasteiger partial charge is 0.489 e. The van der Waals surface area contributed by atoms with Crippen molar-refractivity contribution in [1.29, 1.82) is 0 Å². The second-order valence-electron chi connectivity index (χ2n) is 9.83. The van der Waals surface area contributed by atoms with Gasteiger partial charge in [0.05, 0.1) is 28.5 Å². The van der Waals surface area contributed by atoms with Gasteiger partial charge in [-0.3, -0.25) is 9.36 Å². The molecule has 1 aromatic heterocycles. The molecule has 1 aliphatic rings. The predicted molar refractivity (Wildman–Crippen MR) is 165 cm³/mol. The van der Waals surface area contributed by atoms with Gasteiger partial charge in [0, 0.05) is 5.56 Å². The summed E-state index contributed by atoms with van der Waals surface area (Å²) >= 11 is 1.26. The number of ether oxygens (including phenoxy) is 2. The fraction of sp³-hybridized carbons (Fsp3) is 0.114. The maximum absolute atomic E-state index is 14.0. The van der Waals surface area contributed by atoms with Gasteiger partial charge in [-0.1, -0.05) is 96.3 Å². The molecule has 0 bridgehead atoms. The topological polar surface area (TPSA) is 69.9 Å². The smallest absolute Gasteiger partial charge is 0.338 e. The Morgan fingerprint density at radius 2 is 1.67 bits per heavy atom. The second-order valence-corrected chi connectivity index (χ2v) is 10.8. The van der Waals surface area contributed by atoms with Crippen molar-refractivity contribution in [2.24, 2.45) is 4.99 Å². The van der Waals surface area contributed by atoms with Gasteiger partial charge in [0.1, 0.15) is 18.2 Å². The highest BCUT2D eigenvalue weighted by atomic mass is 32.1. The van der Waals surface area contributed by atoms with Crippen LogP contribution in [0.25, 0.3) is 11.8 Å². The Kier molecular flexibility index (Phi) is 8.11. The number of aromatic nitrogens is 1. The first-order chi connectivity index (χ1) is 21.0. The molecule has 1 aliphatic heterocycles. The summed E-state index contributed by atoms with van der Waals surface area (Å²) in [6.07, 6.45) is 1.80. The summed E-state index contributed by atoms with van der Waals surface area (Å²) in [5.74, 6) is -0.199. The Morgan fingerprint density at radius 3 is 2.40 bits per heavy atom. The molecule has 0 fully saturated rings. The van der Waals surface area contributed by atoms with Crippen LogP contribution < -0.4 is 19.6 Å². The average molecular weight is 591 g/mol. The SMILES string of the molecule is CCOC(=O)C1=C(c2ccccc2)N=c2s/c(=C\c3cccc(OCc4ccc(F)cc4)c3)c(=O)n2[C@H]1c1ccccc1. The normalized spacial score (nSPS) is 14.7. The molecular formula is C35H27FN2O4S. The number of hydrogen-bond acceptors (Lipinski definition) is 6. The Hall–Kier alpha value is -5.08. The quantitative estimate of drug-likeness (QED) is 0.219. The molecule has 6 rings (SSSR count). The van der Waals surface area contributed by atoms with Crippen molar-refractivity contribution in [1.82, 2.24) is 4.57 Å². The number of rotatable bonds is 8. The third-order valence-electron chi connectivity index (χ3n) is 6.96. The van der Waals surface area contributed by atoms with Crippen LogP contribution in [-0.4, -0.2) is 17.1 Å². The van der Waals surface area contributed by atoms with E-state index in [0.717, 1.165) is 22.3 Å². The predicted octanol–water partition coefficient (Wildman–Crippen LogP) is 5.65. The molecule has 2 heterocycles.